The number of hydrogen-bond donors (Lipinski definition) is 0. The molecule has 158 valence electrons. The highest BCUT2D eigenvalue weighted by atomic mass is 35.5. The molecule has 4 aromatic carbocycles. The third kappa shape index (κ3) is 3.64. The maximum atomic E-state index is 6.19. The molecule has 0 heterocycles. The lowest BCUT2D eigenvalue weighted by Gasteiger charge is -2.27. The number of fused-ring (bicyclic) bond motifs is 5. The van der Waals surface area contributed by atoms with Crippen molar-refractivity contribution in [1.82, 2.24) is 0 Å². The van der Waals surface area contributed by atoms with Crippen LogP contribution in [0.25, 0.3) is 21.5 Å². The summed E-state index contributed by atoms with van der Waals surface area (Å²) in [5, 5.41) is 5.67. The first-order valence-electron chi connectivity index (χ1n) is 11.0. The van der Waals surface area contributed by atoms with Crippen LogP contribution in [0.2, 0.25) is 5.02 Å². The average molecular weight is 431 g/mol. The standard InChI is InChI=1S/C28H27ClO2/c1-30-26-11-5-10-24-23-15-14-21-19(13-12-18-6-3-8-20(29)16-18)7-4-9-22(21)25(23)17-27(31-2)28(24)26/h3,5-6,8,10-11,14-17,19H,4,7,9,12-13H2,1-2H3/t19-/m0/s1. The van der Waals surface area contributed by atoms with Gasteiger partial charge >= 0.3 is 0 Å². The van der Waals surface area contributed by atoms with E-state index >= 15 is 0 Å². The molecule has 31 heavy (non-hydrogen) atoms. The molecule has 0 unspecified atom stereocenters. The number of aryl methyl sites for hydroxylation is 2. The Morgan fingerprint density at radius 1 is 0.871 bits per heavy atom. The predicted octanol–water partition coefficient (Wildman–Crippen LogP) is 7.72. The Morgan fingerprint density at radius 2 is 1.71 bits per heavy atom. The van der Waals surface area contributed by atoms with E-state index in [1.54, 1.807) is 14.2 Å². The fourth-order valence-electron chi connectivity index (χ4n) is 5.30. The van der Waals surface area contributed by atoms with Crippen molar-refractivity contribution >= 4 is 33.1 Å². The number of benzene rings is 4. The van der Waals surface area contributed by atoms with Gasteiger partial charge in [0.1, 0.15) is 11.5 Å². The highest BCUT2D eigenvalue weighted by molar-refractivity contribution is 6.30. The fourth-order valence-corrected chi connectivity index (χ4v) is 5.51. The van der Waals surface area contributed by atoms with E-state index in [1.807, 2.05) is 18.2 Å². The Kier molecular flexibility index (Phi) is 5.50. The lowest BCUT2D eigenvalue weighted by atomic mass is 9.77. The maximum absolute atomic E-state index is 6.19. The lowest BCUT2D eigenvalue weighted by molar-refractivity contribution is 0.405. The molecule has 1 aliphatic carbocycles. The molecule has 0 N–H and O–H groups in total. The molecular formula is C28H27ClO2. The van der Waals surface area contributed by atoms with E-state index in [1.165, 1.54) is 45.7 Å². The molecule has 0 bridgehead atoms. The van der Waals surface area contributed by atoms with Crippen molar-refractivity contribution in [3.8, 4) is 11.5 Å². The lowest BCUT2D eigenvalue weighted by Crippen LogP contribution is -2.11. The summed E-state index contributed by atoms with van der Waals surface area (Å²) in [6.45, 7) is 0. The van der Waals surface area contributed by atoms with Crippen molar-refractivity contribution in [3.05, 3.63) is 82.4 Å². The first-order chi connectivity index (χ1) is 15.2. The van der Waals surface area contributed by atoms with Crippen LogP contribution >= 0.6 is 11.6 Å². The summed E-state index contributed by atoms with van der Waals surface area (Å²) in [6, 6.07) is 21.4. The molecule has 0 aliphatic heterocycles. The SMILES string of the molecule is COc1cccc2c1c(OC)cc1c3c(ccc12)[C@H](CCc1cccc(Cl)c1)CCC3. The molecule has 1 aliphatic rings. The van der Waals surface area contributed by atoms with Crippen LogP contribution in [0.15, 0.2) is 60.7 Å². The minimum atomic E-state index is 0.583. The van der Waals surface area contributed by atoms with E-state index < -0.39 is 0 Å². The molecule has 0 radical (unpaired) electrons. The minimum absolute atomic E-state index is 0.583. The first kappa shape index (κ1) is 20.2. The van der Waals surface area contributed by atoms with Gasteiger partial charge < -0.3 is 9.47 Å². The highest BCUT2D eigenvalue weighted by Gasteiger charge is 2.23. The van der Waals surface area contributed by atoms with Crippen LogP contribution in [0.3, 0.4) is 0 Å². The van der Waals surface area contributed by atoms with Crippen LogP contribution < -0.4 is 9.47 Å². The molecule has 0 fully saturated rings. The summed E-state index contributed by atoms with van der Waals surface area (Å²) in [4.78, 5) is 0. The normalized spacial score (nSPS) is 15.8. The second-order valence-electron chi connectivity index (χ2n) is 8.45. The molecule has 3 heteroatoms. The van der Waals surface area contributed by atoms with Crippen molar-refractivity contribution in [3.63, 3.8) is 0 Å². The Hall–Kier alpha value is -2.71. The van der Waals surface area contributed by atoms with Crippen molar-refractivity contribution in [2.75, 3.05) is 14.2 Å². The molecule has 0 aromatic heterocycles. The molecule has 0 saturated heterocycles. The fraction of sp³-hybridized carbons (Fsp3) is 0.286. The minimum Gasteiger partial charge on any atom is -0.496 e. The summed E-state index contributed by atoms with van der Waals surface area (Å²) in [5.41, 5.74) is 4.31. The second-order valence-corrected chi connectivity index (χ2v) is 8.88. The summed E-state index contributed by atoms with van der Waals surface area (Å²) in [6.07, 6.45) is 5.81. The molecule has 0 amide bonds. The molecule has 0 saturated carbocycles. The zero-order valence-corrected chi connectivity index (χ0v) is 18.8. The highest BCUT2D eigenvalue weighted by Crippen LogP contribution is 2.44. The Morgan fingerprint density at radius 3 is 2.52 bits per heavy atom. The van der Waals surface area contributed by atoms with Gasteiger partial charge in [0.05, 0.1) is 19.6 Å². The molecule has 2 nitrogen and oxygen atoms in total. The van der Waals surface area contributed by atoms with E-state index in [9.17, 15) is 0 Å². The summed E-state index contributed by atoms with van der Waals surface area (Å²) < 4.78 is 11.5. The molecule has 5 rings (SSSR count). The topological polar surface area (TPSA) is 18.5 Å². The van der Waals surface area contributed by atoms with Gasteiger partial charge in [-0.2, -0.15) is 0 Å². The van der Waals surface area contributed by atoms with Crippen LogP contribution in [0.4, 0.5) is 0 Å². The monoisotopic (exact) mass is 430 g/mol. The molecule has 1 atom stereocenters. The van der Waals surface area contributed by atoms with Crippen LogP contribution in [0, 0.1) is 0 Å². The van der Waals surface area contributed by atoms with Gasteiger partial charge in [-0.3, -0.25) is 0 Å². The summed E-state index contributed by atoms with van der Waals surface area (Å²) in [5.74, 6) is 2.32. The zero-order chi connectivity index (χ0) is 21.4. The van der Waals surface area contributed by atoms with E-state index in [2.05, 4.69) is 42.5 Å². The first-order valence-corrected chi connectivity index (χ1v) is 11.4. The maximum Gasteiger partial charge on any atom is 0.131 e. The van der Waals surface area contributed by atoms with Gasteiger partial charge in [-0.1, -0.05) is 48.0 Å². The van der Waals surface area contributed by atoms with Crippen LogP contribution in [0.1, 0.15) is 41.9 Å². The Balaban J connectivity index is 1.59. The van der Waals surface area contributed by atoms with E-state index in [4.69, 9.17) is 21.1 Å². The summed E-state index contributed by atoms with van der Waals surface area (Å²) >= 11 is 6.19. The largest absolute Gasteiger partial charge is 0.496 e. The van der Waals surface area contributed by atoms with Gasteiger partial charge in [0, 0.05) is 5.02 Å². The smallest absolute Gasteiger partial charge is 0.131 e. The molecule has 4 aromatic rings. The van der Waals surface area contributed by atoms with Gasteiger partial charge in [0.2, 0.25) is 0 Å². The Labute approximate surface area is 188 Å². The van der Waals surface area contributed by atoms with Crippen LogP contribution in [-0.2, 0) is 12.8 Å². The van der Waals surface area contributed by atoms with Crippen molar-refractivity contribution < 1.29 is 9.47 Å². The van der Waals surface area contributed by atoms with Gasteiger partial charge in [0.25, 0.3) is 0 Å². The number of ether oxygens (including phenoxy) is 2. The van der Waals surface area contributed by atoms with Gasteiger partial charge in [0.15, 0.2) is 0 Å². The average Bonchev–Trinajstić information content (AvgIpc) is 2.81. The van der Waals surface area contributed by atoms with Gasteiger partial charge in [-0.25, -0.2) is 0 Å². The van der Waals surface area contributed by atoms with Gasteiger partial charge in [-0.15, -0.1) is 0 Å². The number of rotatable bonds is 5. The predicted molar refractivity (Wildman–Crippen MR) is 130 cm³/mol. The van der Waals surface area contributed by atoms with Gasteiger partial charge in [-0.05, 0) is 95.1 Å². The number of halogens is 1. The van der Waals surface area contributed by atoms with Crippen molar-refractivity contribution in [2.45, 2.75) is 38.0 Å². The molecule has 0 spiro atoms. The van der Waals surface area contributed by atoms with E-state index in [-0.39, 0.29) is 0 Å². The number of hydrogen-bond acceptors (Lipinski definition) is 2. The van der Waals surface area contributed by atoms with Crippen molar-refractivity contribution in [2.24, 2.45) is 0 Å². The van der Waals surface area contributed by atoms with Crippen LogP contribution in [0.5, 0.6) is 11.5 Å². The third-order valence-electron chi connectivity index (χ3n) is 6.76. The molecular weight excluding hydrogens is 404 g/mol. The van der Waals surface area contributed by atoms with Crippen LogP contribution in [-0.4, -0.2) is 14.2 Å². The quantitative estimate of drug-likeness (QED) is 0.302. The third-order valence-corrected chi connectivity index (χ3v) is 7.00. The summed E-state index contributed by atoms with van der Waals surface area (Å²) in [7, 11) is 3.46. The van der Waals surface area contributed by atoms with E-state index in [0.717, 1.165) is 41.2 Å². The Bertz CT molecular complexity index is 1260. The zero-order valence-electron chi connectivity index (χ0n) is 18.1. The van der Waals surface area contributed by atoms with Crippen molar-refractivity contribution in [1.29, 1.82) is 0 Å². The van der Waals surface area contributed by atoms with E-state index in [0.29, 0.717) is 5.92 Å². The number of methoxy groups -OCH3 is 2. The second kappa shape index (κ2) is 8.43.